The van der Waals surface area contributed by atoms with Gasteiger partial charge in [0.2, 0.25) is 0 Å². The van der Waals surface area contributed by atoms with Gasteiger partial charge >= 0.3 is 5.97 Å². The van der Waals surface area contributed by atoms with Crippen LogP contribution < -0.4 is 4.74 Å². The second-order valence-electron chi connectivity index (χ2n) is 6.34. The van der Waals surface area contributed by atoms with Crippen LogP contribution in [0, 0.1) is 0 Å². The number of allylic oxidation sites excluding steroid dienone is 1. The average molecular weight is 363 g/mol. The van der Waals surface area contributed by atoms with Crippen molar-refractivity contribution in [2.45, 2.75) is 12.8 Å². The molecule has 0 unspecified atom stereocenters. The van der Waals surface area contributed by atoms with Crippen molar-refractivity contribution in [3.05, 3.63) is 70.9 Å². The fraction of sp³-hybridized carbons (Fsp3) is 0.227. The van der Waals surface area contributed by atoms with E-state index >= 15 is 0 Å². The minimum Gasteiger partial charge on any atom is -0.496 e. The van der Waals surface area contributed by atoms with Crippen molar-refractivity contribution in [2.75, 3.05) is 14.2 Å². The Morgan fingerprint density at radius 1 is 1.15 bits per heavy atom. The van der Waals surface area contributed by atoms with Gasteiger partial charge in [0.1, 0.15) is 11.7 Å². The Balaban J connectivity index is 2.00. The number of aromatic nitrogens is 1. The number of hydrogen-bond donors (Lipinski definition) is 0. The Morgan fingerprint density at radius 2 is 1.96 bits per heavy atom. The smallest absolute Gasteiger partial charge is 0.337 e. The highest BCUT2D eigenvalue weighted by Crippen LogP contribution is 2.29. The van der Waals surface area contributed by atoms with Gasteiger partial charge in [-0.1, -0.05) is 12.1 Å². The Labute approximate surface area is 157 Å². The van der Waals surface area contributed by atoms with Gasteiger partial charge in [0.15, 0.2) is 0 Å². The van der Waals surface area contributed by atoms with Gasteiger partial charge in [-0.15, -0.1) is 0 Å². The normalized spacial score (nSPS) is 10.5. The van der Waals surface area contributed by atoms with Crippen molar-refractivity contribution in [3.63, 3.8) is 0 Å². The molecule has 0 aliphatic rings. The Bertz CT molecular complexity index is 1040. The highest BCUT2D eigenvalue weighted by molar-refractivity contribution is 5.90. The molecule has 3 rings (SSSR count). The first-order valence-corrected chi connectivity index (χ1v) is 8.58. The van der Waals surface area contributed by atoms with E-state index in [0.29, 0.717) is 24.2 Å². The molecular formula is C22H21NO4. The van der Waals surface area contributed by atoms with Crippen LogP contribution in [0.2, 0.25) is 0 Å². The molecule has 0 saturated carbocycles. The molecule has 27 heavy (non-hydrogen) atoms. The number of aryl methyl sites for hydroxylation is 1. The zero-order valence-corrected chi connectivity index (χ0v) is 15.6. The molecule has 0 fully saturated rings. The maximum atomic E-state index is 11.7. The molecule has 0 atom stereocenters. The number of ether oxygens (including phenoxy) is 2. The summed E-state index contributed by atoms with van der Waals surface area (Å²) in [5, 5.41) is 1.13. The highest BCUT2D eigenvalue weighted by atomic mass is 16.5. The number of fused-ring (bicyclic) bond motifs is 1. The molecule has 5 nitrogen and oxygen atoms in total. The van der Waals surface area contributed by atoms with E-state index in [1.165, 1.54) is 13.2 Å². The Morgan fingerprint density at radius 3 is 2.67 bits per heavy atom. The standard InChI is InChI=1S/C22H21NO4/c1-23-14-18(19-11-15(5-4-10-24)6-9-20(19)23)12-16-7-8-17(22(25)27-3)13-21(16)26-2/h4,6-9,11,13-14H,5,12H2,1-3H3. The molecule has 0 saturated heterocycles. The highest BCUT2D eigenvalue weighted by Gasteiger charge is 2.14. The van der Waals surface area contributed by atoms with E-state index in [9.17, 15) is 9.59 Å². The number of esters is 1. The quantitative estimate of drug-likeness (QED) is 0.497. The van der Waals surface area contributed by atoms with Gasteiger partial charge in [0, 0.05) is 43.1 Å². The number of nitrogens with zero attached hydrogens (tertiary/aromatic N) is 1. The van der Waals surface area contributed by atoms with Crippen molar-refractivity contribution >= 4 is 22.8 Å². The Hall–Kier alpha value is -3.30. The lowest BCUT2D eigenvalue weighted by Gasteiger charge is -2.10. The summed E-state index contributed by atoms with van der Waals surface area (Å²) >= 11 is 0. The summed E-state index contributed by atoms with van der Waals surface area (Å²) in [6, 6.07) is 11.5. The van der Waals surface area contributed by atoms with Gasteiger partial charge in [-0.2, -0.15) is 0 Å². The van der Waals surface area contributed by atoms with Crippen LogP contribution in [0.1, 0.15) is 27.0 Å². The predicted octanol–water partition coefficient (Wildman–Crippen LogP) is 3.49. The van der Waals surface area contributed by atoms with E-state index in [-0.39, 0.29) is 0 Å². The first-order valence-electron chi connectivity index (χ1n) is 8.58. The summed E-state index contributed by atoms with van der Waals surface area (Å²) in [7, 11) is 4.96. The second-order valence-corrected chi connectivity index (χ2v) is 6.34. The summed E-state index contributed by atoms with van der Waals surface area (Å²) in [6.07, 6.45) is 4.80. The molecule has 0 amide bonds. The van der Waals surface area contributed by atoms with E-state index in [1.807, 2.05) is 25.1 Å². The molecule has 138 valence electrons. The van der Waals surface area contributed by atoms with E-state index in [0.717, 1.165) is 27.6 Å². The average Bonchev–Trinajstić information content (AvgIpc) is 3.00. The first-order chi connectivity index (χ1) is 13.1. The van der Waals surface area contributed by atoms with Crippen LogP contribution in [0.25, 0.3) is 10.9 Å². The fourth-order valence-corrected chi connectivity index (χ4v) is 3.29. The van der Waals surface area contributed by atoms with Gasteiger partial charge in [0.25, 0.3) is 0 Å². The third kappa shape index (κ3) is 3.78. The monoisotopic (exact) mass is 363 g/mol. The molecule has 2 aromatic carbocycles. The molecule has 0 aliphatic heterocycles. The van der Waals surface area contributed by atoms with Crippen LogP contribution in [-0.4, -0.2) is 30.7 Å². The zero-order chi connectivity index (χ0) is 19.4. The number of carbonyl (C=O) groups is 1. The summed E-state index contributed by atoms with van der Waals surface area (Å²) < 4.78 is 12.3. The third-order valence-corrected chi connectivity index (χ3v) is 4.65. The van der Waals surface area contributed by atoms with Crippen molar-refractivity contribution in [2.24, 2.45) is 7.05 Å². The van der Waals surface area contributed by atoms with E-state index < -0.39 is 5.97 Å². The summed E-state index contributed by atoms with van der Waals surface area (Å²) in [4.78, 5) is 22.2. The maximum absolute atomic E-state index is 11.7. The number of carbonyl (C=O) groups excluding carboxylic acids is 2. The number of benzene rings is 2. The molecule has 0 spiro atoms. The van der Waals surface area contributed by atoms with Gasteiger partial charge < -0.3 is 14.0 Å². The maximum Gasteiger partial charge on any atom is 0.337 e. The molecule has 0 radical (unpaired) electrons. The van der Waals surface area contributed by atoms with Gasteiger partial charge in [0.05, 0.1) is 19.8 Å². The molecule has 0 N–H and O–H groups in total. The molecule has 0 aliphatic carbocycles. The topological polar surface area (TPSA) is 57.5 Å². The van der Waals surface area contributed by atoms with Crippen LogP contribution in [0.4, 0.5) is 0 Å². The lowest BCUT2D eigenvalue weighted by molar-refractivity contribution is 0.0600. The molecule has 3 aromatic rings. The van der Waals surface area contributed by atoms with Crippen LogP contribution in [0.3, 0.4) is 0 Å². The molecule has 1 heterocycles. The summed E-state index contributed by atoms with van der Waals surface area (Å²) in [5.74, 6) is 2.08. The number of rotatable bonds is 6. The van der Waals surface area contributed by atoms with E-state index in [4.69, 9.17) is 9.47 Å². The minimum atomic E-state index is -0.391. The van der Waals surface area contributed by atoms with Crippen LogP contribution in [0.5, 0.6) is 5.75 Å². The first kappa shape index (κ1) is 18.5. The van der Waals surface area contributed by atoms with Gasteiger partial charge in [-0.25, -0.2) is 9.59 Å². The minimum absolute atomic E-state index is 0.391. The summed E-state index contributed by atoms with van der Waals surface area (Å²) in [5.41, 5.74) is 4.77. The third-order valence-electron chi connectivity index (χ3n) is 4.65. The molecule has 1 aromatic heterocycles. The van der Waals surface area contributed by atoms with Crippen LogP contribution in [0.15, 0.2) is 48.7 Å². The second kappa shape index (κ2) is 7.94. The molecule has 5 heteroatoms. The summed E-state index contributed by atoms with van der Waals surface area (Å²) in [6.45, 7) is 0. The SMILES string of the molecule is COC(=O)c1ccc(Cc2cn(C)c3ccc(CC=C=O)cc23)c(OC)c1. The van der Waals surface area contributed by atoms with Crippen LogP contribution in [-0.2, 0) is 29.4 Å². The van der Waals surface area contributed by atoms with Crippen molar-refractivity contribution in [1.82, 2.24) is 4.57 Å². The zero-order valence-electron chi connectivity index (χ0n) is 15.6. The largest absolute Gasteiger partial charge is 0.496 e. The van der Waals surface area contributed by atoms with Gasteiger partial charge in [-0.05, 0) is 41.0 Å². The lowest BCUT2D eigenvalue weighted by Crippen LogP contribution is -2.03. The van der Waals surface area contributed by atoms with Crippen LogP contribution >= 0.6 is 0 Å². The lowest BCUT2D eigenvalue weighted by atomic mass is 10.00. The predicted molar refractivity (Wildman–Crippen MR) is 104 cm³/mol. The molecular weight excluding hydrogens is 342 g/mol. The molecule has 0 bridgehead atoms. The van der Waals surface area contributed by atoms with Crippen molar-refractivity contribution in [1.29, 1.82) is 0 Å². The van der Waals surface area contributed by atoms with Crippen molar-refractivity contribution < 1.29 is 19.1 Å². The van der Waals surface area contributed by atoms with Crippen molar-refractivity contribution in [3.8, 4) is 5.75 Å². The fourth-order valence-electron chi connectivity index (χ4n) is 3.29. The number of methoxy groups -OCH3 is 2. The Kier molecular flexibility index (Phi) is 5.43. The van der Waals surface area contributed by atoms with E-state index in [2.05, 4.69) is 22.9 Å². The van der Waals surface area contributed by atoms with E-state index in [1.54, 1.807) is 19.2 Å². The van der Waals surface area contributed by atoms with Gasteiger partial charge in [-0.3, -0.25) is 0 Å². The number of hydrogen-bond acceptors (Lipinski definition) is 4.